The van der Waals surface area contributed by atoms with E-state index in [9.17, 15) is 38.2 Å². The second kappa shape index (κ2) is 16.4. The predicted molar refractivity (Wildman–Crippen MR) is 175 cm³/mol. The molecule has 0 spiro atoms. The molecule has 0 bridgehead atoms. The summed E-state index contributed by atoms with van der Waals surface area (Å²) in [5.74, 6) is -4.45. The Labute approximate surface area is 272 Å². The maximum absolute atomic E-state index is 12.7. The molecule has 238 valence electrons. The van der Waals surface area contributed by atoms with Crippen LogP contribution in [0.1, 0.15) is 22.3 Å². The molecule has 1 unspecified atom stereocenters. The van der Waals surface area contributed by atoms with Gasteiger partial charge in [-0.15, -0.1) is 0 Å². The van der Waals surface area contributed by atoms with Gasteiger partial charge in [0.05, 0.1) is 16.0 Å². The third kappa shape index (κ3) is 9.30. The summed E-state index contributed by atoms with van der Waals surface area (Å²) in [5, 5.41) is 20.1. The summed E-state index contributed by atoms with van der Waals surface area (Å²) < 4.78 is 31.4. The van der Waals surface area contributed by atoms with Gasteiger partial charge in [0.25, 0.3) is 0 Å². The number of hydrogen-bond acceptors (Lipinski definition) is 7. The quantitative estimate of drug-likeness (QED) is 0.0717. The van der Waals surface area contributed by atoms with Gasteiger partial charge in [-0.3, -0.25) is 0 Å². The molecule has 4 aromatic rings. The van der Waals surface area contributed by atoms with E-state index in [4.69, 9.17) is 9.47 Å². The molecule has 0 saturated heterocycles. The number of benzene rings is 4. The van der Waals surface area contributed by atoms with Gasteiger partial charge in [0.1, 0.15) is 13.2 Å². The molecule has 4 aromatic carbocycles. The number of hydrogen-bond donors (Lipinski definition) is 3. The molecule has 0 aliphatic carbocycles. The molecule has 1 atom stereocenters. The van der Waals surface area contributed by atoms with Crippen molar-refractivity contribution in [2.45, 2.75) is 4.90 Å². The van der Waals surface area contributed by atoms with E-state index in [2.05, 4.69) is 0 Å². The van der Waals surface area contributed by atoms with Crippen molar-refractivity contribution in [3.63, 3.8) is 0 Å². The Morgan fingerprint density at radius 1 is 0.532 bits per heavy atom. The fourth-order valence-electron chi connectivity index (χ4n) is 4.59. The lowest BCUT2D eigenvalue weighted by atomic mass is 9.95. The maximum atomic E-state index is 12.7. The third-order valence-electron chi connectivity index (χ3n) is 6.76. The van der Waals surface area contributed by atoms with Crippen molar-refractivity contribution in [2.75, 3.05) is 13.2 Å². The molecule has 0 saturated carbocycles. The summed E-state index contributed by atoms with van der Waals surface area (Å²) in [7, 11) is 0. The number of esters is 2. The number of ether oxygens (including phenoxy) is 2. The topological polar surface area (TPSA) is 164 Å². The van der Waals surface area contributed by atoms with Crippen LogP contribution in [0.5, 0.6) is 0 Å². The Hall–Kier alpha value is -5.91. The average Bonchev–Trinajstić information content (AvgIpc) is 3.08. The molecular weight excluding hydrogens is 624 g/mol. The highest BCUT2D eigenvalue weighted by atomic mass is 32.2. The summed E-state index contributed by atoms with van der Waals surface area (Å²) in [6, 6.07) is 30.7. The molecule has 10 nitrogen and oxygen atoms in total. The first-order valence-corrected chi connectivity index (χ1v) is 15.1. The van der Waals surface area contributed by atoms with Gasteiger partial charge < -0.3 is 24.2 Å². The van der Waals surface area contributed by atoms with E-state index in [-0.39, 0.29) is 27.2 Å². The zero-order valence-corrected chi connectivity index (χ0v) is 25.5. The minimum Gasteiger partial charge on any atom is -0.478 e. The van der Waals surface area contributed by atoms with Crippen molar-refractivity contribution in [3.8, 4) is 0 Å². The van der Waals surface area contributed by atoms with E-state index in [1.54, 1.807) is 91.0 Å². The predicted octanol–water partition coefficient (Wildman–Crippen LogP) is 5.60. The van der Waals surface area contributed by atoms with E-state index in [0.717, 1.165) is 12.2 Å². The van der Waals surface area contributed by atoms with Crippen LogP contribution in [0.25, 0.3) is 22.3 Å². The molecule has 0 aromatic heterocycles. The van der Waals surface area contributed by atoms with Crippen LogP contribution in [-0.4, -0.2) is 56.1 Å². The van der Waals surface area contributed by atoms with Gasteiger partial charge in [0, 0.05) is 23.3 Å². The van der Waals surface area contributed by atoms with Crippen LogP contribution in [0.2, 0.25) is 0 Å². The largest absolute Gasteiger partial charge is 0.478 e. The fraction of sp³-hybridized carbons (Fsp3) is 0.0556. The second-order valence-corrected chi connectivity index (χ2v) is 10.7. The zero-order valence-electron chi connectivity index (χ0n) is 24.6. The van der Waals surface area contributed by atoms with E-state index < -0.39 is 48.2 Å². The van der Waals surface area contributed by atoms with Gasteiger partial charge in [-0.1, -0.05) is 103 Å². The highest BCUT2D eigenvalue weighted by molar-refractivity contribution is 7.79. The van der Waals surface area contributed by atoms with Crippen molar-refractivity contribution in [1.29, 1.82) is 0 Å². The molecule has 0 fully saturated rings. The monoisotopic (exact) mass is 652 g/mol. The molecule has 0 heterocycles. The molecule has 4 rings (SSSR count). The highest BCUT2D eigenvalue weighted by Crippen LogP contribution is 2.29. The van der Waals surface area contributed by atoms with Crippen molar-refractivity contribution >= 4 is 57.3 Å². The van der Waals surface area contributed by atoms with Crippen LogP contribution in [0, 0.1) is 0 Å². The van der Waals surface area contributed by atoms with E-state index >= 15 is 0 Å². The van der Waals surface area contributed by atoms with Crippen LogP contribution in [0.3, 0.4) is 0 Å². The first kappa shape index (κ1) is 34.0. The van der Waals surface area contributed by atoms with E-state index in [1.807, 2.05) is 0 Å². The maximum Gasteiger partial charge on any atom is 0.336 e. The Morgan fingerprint density at radius 3 is 1.21 bits per heavy atom. The lowest BCUT2D eigenvalue weighted by molar-refractivity contribution is -0.139. The Balaban J connectivity index is 1.54. The molecular formula is C36H28O10S. The Morgan fingerprint density at radius 2 is 0.872 bits per heavy atom. The number of carbonyl (C=O) groups excluding carboxylic acids is 2. The summed E-state index contributed by atoms with van der Waals surface area (Å²) in [6.45, 7) is -0.935. The lowest BCUT2D eigenvalue weighted by Gasteiger charge is -2.14. The highest BCUT2D eigenvalue weighted by Gasteiger charge is 2.21. The standard InChI is InChI=1S/C36H28O10S/c37-31(45-22-29(24-10-4-1-5-11-24)33(35(39)40)26-12-6-2-7-13-26)20-21-32(38)46-23-30(25-16-18-28(19-17-25)47(43)44)34(36(41)42)27-14-8-3-9-15-27/h1-21H,22-23H2,(H,39,40)(H,41,42)(H,43,44)/b21-20+,33-29+,34-30+. The van der Waals surface area contributed by atoms with Crippen LogP contribution in [0.15, 0.2) is 132 Å². The van der Waals surface area contributed by atoms with Gasteiger partial charge in [0.2, 0.25) is 0 Å². The third-order valence-corrected chi connectivity index (χ3v) is 7.43. The van der Waals surface area contributed by atoms with Crippen LogP contribution in [0.4, 0.5) is 0 Å². The number of carboxylic acid groups (broad SMARTS) is 2. The zero-order chi connectivity index (χ0) is 33.8. The van der Waals surface area contributed by atoms with Gasteiger partial charge >= 0.3 is 23.9 Å². The van der Waals surface area contributed by atoms with E-state index in [0.29, 0.717) is 22.3 Å². The molecule has 11 heteroatoms. The van der Waals surface area contributed by atoms with Crippen molar-refractivity contribution < 1.29 is 47.6 Å². The molecule has 0 amide bonds. The van der Waals surface area contributed by atoms with Gasteiger partial charge in [-0.05, 0) is 34.4 Å². The molecule has 0 aliphatic heterocycles. The van der Waals surface area contributed by atoms with E-state index in [1.165, 1.54) is 24.3 Å². The summed E-state index contributed by atoms with van der Waals surface area (Å²) in [4.78, 5) is 50.0. The Bertz CT molecular complexity index is 1860. The van der Waals surface area contributed by atoms with Crippen molar-refractivity contribution in [2.24, 2.45) is 0 Å². The number of carboxylic acids is 2. The minimum absolute atomic E-state index is 0.0572. The first-order valence-electron chi connectivity index (χ1n) is 14.0. The number of aliphatic carboxylic acids is 2. The van der Waals surface area contributed by atoms with Crippen molar-refractivity contribution in [3.05, 3.63) is 150 Å². The molecule has 47 heavy (non-hydrogen) atoms. The number of rotatable bonds is 13. The molecule has 0 aliphatic rings. The second-order valence-electron chi connectivity index (χ2n) is 9.74. The molecule has 0 radical (unpaired) electrons. The SMILES string of the molecule is O=C(/C=C/C(=O)OC/C(=C(\C(=O)O)c1ccccc1)c1ccc(S(=O)O)cc1)OC/C(=C(\C(=O)O)c1ccccc1)c1ccccc1. The normalized spacial score (nSPS) is 12.8. The van der Waals surface area contributed by atoms with Gasteiger partial charge in [-0.25, -0.2) is 23.4 Å². The van der Waals surface area contributed by atoms with Gasteiger partial charge in [-0.2, -0.15) is 0 Å². The van der Waals surface area contributed by atoms with Crippen molar-refractivity contribution in [1.82, 2.24) is 0 Å². The smallest absolute Gasteiger partial charge is 0.336 e. The number of carbonyl (C=O) groups is 4. The van der Waals surface area contributed by atoms with Crippen LogP contribution < -0.4 is 0 Å². The van der Waals surface area contributed by atoms with Crippen LogP contribution in [-0.2, 0) is 39.7 Å². The van der Waals surface area contributed by atoms with Gasteiger partial charge in [0.15, 0.2) is 11.1 Å². The fourth-order valence-corrected chi connectivity index (χ4v) is 4.96. The molecule has 3 N–H and O–H groups in total. The van der Waals surface area contributed by atoms with Crippen LogP contribution >= 0.6 is 0 Å². The first-order chi connectivity index (χ1) is 22.7. The Kier molecular flexibility index (Phi) is 11.9. The lowest BCUT2D eigenvalue weighted by Crippen LogP contribution is -2.12. The summed E-state index contributed by atoms with van der Waals surface area (Å²) >= 11 is -2.26. The minimum atomic E-state index is -2.26. The summed E-state index contributed by atoms with van der Waals surface area (Å²) in [6.07, 6.45) is 1.63. The summed E-state index contributed by atoms with van der Waals surface area (Å²) in [5.41, 5.74) is 1.71. The average molecular weight is 653 g/mol.